The third kappa shape index (κ3) is 3.48. The number of carbonyl (C=O) groups is 1. The van der Waals surface area contributed by atoms with E-state index in [9.17, 15) is 4.79 Å². The summed E-state index contributed by atoms with van der Waals surface area (Å²) in [5.74, 6) is 1.65. The summed E-state index contributed by atoms with van der Waals surface area (Å²) in [5, 5.41) is 1.10. The fourth-order valence-electron chi connectivity index (χ4n) is 4.26. The van der Waals surface area contributed by atoms with Crippen molar-refractivity contribution < 1.29 is 9.53 Å². The van der Waals surface area contributed by atoms with Gasteiger partial charge in [0.25, 0.3) is 0 Å². The topological polar surface area (TPSA) is 60.2 Å². The summed E-state index contributed by atoms with van der Waals surface area (Å²) in [6.45, 7) is 10.1. The van der Waals surface area contributed by atoms with E-state index in [0.29, 0.717) is 6.61 Å². The van der Waals surface area contributed by atoms with E-state index >= 15 is 0 Å². The zero-order chi connectivity index (χ0) is 20.5. The zero-order valence-corrected chi connectivity index (χ0v) is 17.6. The Morgan fingerprint density at radius 1 is 1.10 bits per heavy atom. The Kier molecular flexibility index (Phi) is 5.26. The van der Waals surface area contributed by atoms with Gasteiger partial charge in [-0.1, -0.05) is 18.2 Å². The Morgan fingerprint density at radius 2 is 1.79 bits per heavy atom. The third-order valence-corrected chi connectivity index (χ3v) is 5.88. The van der Waals surface area contributed by atoms with Crippen LogP contribution in [0.5, 0.6) is 0 Å². The van der Waals surface area contributed by atoms with E-state index in [1.807, 2.05) is 32.0 Å². The molecule has 0 radical (unpaired) electrons. The molecule has 0 atom stereocenters. The number of benzene rings is 1. The summed E-state index contributed by atoms with van der Waals surface area (Å²) in [6, 6.07) is 10.3. The summed E-state index contributed by atoms with van der Waals surface area (Å²) in [5.41, 5.74) is 4.43. The van der Waals surface area contributed by atoms with Crippen molar-refractivity contribution in [1.82, 2.24) is 14.5 Å². The number of anilines is 1. The number of ether oxygens (including phenoxy) is 1. The number of nitrogens with zero attached hydrogens (tertiary/aromatic N) is 4. The Hall–Kier alpha value is -2.89. The van der Waals surface area contributed by atoms with Crippen LogP contribution in [0.25, 0.3) is 16.7 Å². The molecule has 6 heteroatoms. The van der Waals surface area contributed by atoms with Crippen LogP contribution in [0.4, 0.5) is 5.82 Å². The van der Waals surface area contributed by atoms with Gasteiger partial charge < -0.3 is 9.64 Å². The van der Waals surface area contributed by atoms with Gasteiger partial charge in [-0.05, 0) is 58.2 Å². The lowest BCUT2D eigenvalue weighted by Crippen LogP contribution is -2.37. The number of aromatic nitrogens is 3. The van der Waals surface area contributed by atoms with Crippen LogP contribution in [0.15, 0.2) is 30.3 Å². The molecule has 1 aliphatic heterocycles. The number of esters is 1. The van der Waals surface area contributed by atoms with Crippen LogP contribution >= 0.6 is 0 Å². The SMILES string of the molecule is CCOC(=O)C1CCN(c2nc(C)nc3c2c(C)c(C)n3-c2ccccc2)CC1. The highest BCUT2D eigenvalue weighted by atomic mass is 16.5. The molecule has 1 saturated heterocycles. The van der Waals surface area contributed by atoms with Crippen LogP contribution in [0.2, 0.25) is 0 Å². The van der Waals surface area contributed by atoms with Gasteiger partial charge in [0.15, 0.2) is 5.65 Å². The Labute approximate surface area is 171 Å². The molecule has 4 rings (SSSR count). The second-order valence-corrected chi connectivity index (χ2v) is 7.69. The van der Waals surface area contributed by atoms with Gasteiger partial charge >= 0.3 is 5.97 Å². The van der Waals surface area contributed by atoms with Crippen molar-refractivity contribution in [2.24, 2.45) is 5.92 Å². The van der Waals surface area contributed by atoms with Crippen molar-refractivity contribution in [2.45, 2.75) is 40.5 Å². The minimum atomic E-state index is -0.0709. The average Bonchev–Trinajstić information content (AvgIpc) is 2.98. The van der Waals surface area contributed by atoms with Crippen molar-refractivity contribution in [3.8, 4) is 5.69 Å². The lowest BCUT2D eigenvalue weighted by molar-refractivity contribution is -0.148. The molecule has 2 aromatic heterocycles. The zero-order valence-electron chi connectivity index (χ0n) is 17.6. The number of carbonyl (C=O) groups excluding carboxylic acids is 1. The molecule has 0 aliphatic carbocycles. The van der Waals surface area contributed by atoms with Crippen molar-refractivity contribution in [3.05, 3.63) is 47.4 Å². The fraction of sp³-hybridized carbons (Fsp3) is 0.435. The smallest absolute Gasteiger partial charge is 0.309 e. The summed E-state index contributed by atoms with van der Waals surface area (Å²) < 4.78 is 7.43. The number of piperidine rings is 1. The standard InChI is InChI=1S/C23H28N4O2/c1-5-29-23(28)18-11-13-26(14-12-18)21-20-15(2)16(3)27(19-9-7-6-8-10-19)22(20)25-17(4)24-21/h6-10,18H,5,11-14H2,1-4H3. The summed E-state index contributed by atoms with van der Waals surface area (Å²) in [4.78, 5) is 24.0. The molecule has 1 fully saturated rings. The molecule has 0 bridgehead atoms. The van der Waals surface area contributed by atoms with Gasteiger partial charge in [-0.2, -0.15) is 0 Å². The van der Waals surface area contributed by atoms with E-state index in [1.165, 1.54) is 11.3 Å². The maximum atomic E-state index is 12.1. The first-order chi connectivity index (χ1) is 14.0. The predicted molar refractivity (Wildman–Crippen MR) is 115 cm³/mol. The molecule has 3 heterocycles. The quantitative estimate of drug-likeness (QED) is 0.625. The number of hydrogen-bond donors (Lipinski definition) is 0. The lowest BCUT2D eigenvalue weighted by Gasteiger charge is -2.32. The molecule has 1 aliphatic rings. The van der Waals surface area contributed by atoms with Gasteiger partial charge in [-0.3, -0.25) is 9.36 Å². The van der Waals surface area contributed by atoms with Crippen LogP contribution in [0, 0.1) is 26.7 Å². The first-order valence-electron chi connectivity index (χ1n) is 10.3. The van der Waals surface area contributed by atoms with Gasteiger partial charge in [0.05, 0.1) is 17.9 Å². The average molecular weight is 393 g/mol. The van der Waals surface area contributed by atoms with E-state index in [4.69, 9.17) is 14.7 Å². The molecule has 6 nitrogen and oxygen atoms in total. The van der Waals surface area contributed by atoms with Crippen LogP contribution < -0.4 is 4.90 Å². The molecule has 0 unspecified atom stereocenters. The van der Waals surface area contributed by atoms with Crippen molar-refractivity contribution in [2.75, 3.05) is 24.6 Å². The minimum absolute atomic E-state index is 0.0126. The molecule has 0 saturated carbocycles. The number of rotatable bonds is 4. The van der Waals surface area contributed by atoms with Crippen LogP contribution in [-0.2, 0) is 9.53 Å². The van der Waals surface area contributed by atoms with Gasteiger partial charge in [-0.25, -0.2) is 9.97 Å². The molecule has 29 heavy (non-hydrogen) atoms. The molecule has 0 spiro atoms. The van der Waals surface area contributed by atoms with Gasteiger partial charge in [-0.15, -0.1) is 0 Å². The van der Waals surface area contributed by atoms with Crippen LogP contribution in [0.1, 0.15) is 36.8 Å². The highest BCUT2D eigenvalue weighted by Crippen LogP contribution is 2.35. The number of fused-ring (bicyclic) bond motifs is 1. The highest BCUT2D eigenvalue weighted by molar-refractivity contribution is 5.94. The molecule has 0 amide bonds. The molecule has 152 valence electrons. The minimum Gasteiger partial charge on any atom is -0.466 e. The van der Waals surface area contributed by atoms with Gasteiger partial charge in [0.1, 0.15) is 11.6 Å². The Morgan fingerprint density at radius 3 is 2.45 bits per heavy atom. The van der Waals surface area contributed by atoms with E-state index in [-0.39, 0.29) is 11.9 Å². The molecule has 1 aromatic carbocycles. The Balaban J connectivity index is 1.74. The van der Waals surface area contributed by atoms with Crippen molar-refractivity contribution in [1.29, 1.82) is 0 Å². The van der Waals surface area contributed by atoms with Crippen LogP contribution in [0.3, 0.4) is 0 Å². The predicted octanol–water partition coefficient (Wildman–Crippen LogP) is 4.13. The Bertz CT molecular complexity index is 1030. The number of hydrogen-bond acceptors (Lipinski definition) is 5. The first-order valence-corrected chi connectivity index (χ1v) is 10.3. The van der Waals surface area contributed by atoms with E-state index in [0.717, 1.165) is 54.3 Å². The molecule has 3 aromatic rings. The lowest BCUT2D eigenvalue weighted by atomic mass is 9.97. The molecular formula is C23H28N4O2. The van der Waals surface area contributed by atoms with Gasteiger partial charge in [0.2, 0.25) is 0 Å². The second-order valence-electron chi connectivity index (χ2n) is 7.69. The third-order valence-electron chi connectivity index (χ3n) is 5.88. The monoisotopic (exact) mass is 392 g/mol. The summed E-state index contributed by atoms with van der Waals surface area (Å²) in [6.07, 6.45) is 1.58. The van der Waals surface area contributed by atoms with E-state index in [1.54, 1.807) is 0 Å². The fourth-order valence-corrected chi connectivity index (χ4v) is 4.26. The molecular weight excluding hydrogens is 364 g/mol. The molecule has 0 N–H and O–H groups in total. The number of aryl methyl sites for hydroxylation is 2. The second kappa shape index (κ2) is 7.85. The summed E-state index contributed by atoms with van der Waals surface area (Å²) in [7, 11) is 0. The van der Waals surface area contributed by atoms with Crippen molar-refractivity contribution >= 4 is 22.8 Å². The maximum Gasteiger partial charge on any atom is 0.309 e. The first kappa shape index (κ1) is 19.4. The van der Waals surface area contributed by atoms with Crippen LogP contribution in [-0.4, -0.2) is 40.2 Å². The highest BCUT2D eigenvalue weighted by Gasteiger charge is 2.29. The van der Waals surface area contributed by atoms with Crippen molar-refractivity contribution in [3.63, 3.8) is 0 Å². The van der Waals surface area contributed by atoms with Gasteiger partial charge in [0, 0.05) is 24.5 Å². The number of para-hydroxylation sites is 1. The largest absolute Gasteiger partial charge is 0.466 e. The summed E-state index contributed by atoms with van der Waals surface area (Å²) >= 11 is 0. The normalized spacial score (nSPS) is 15.1. The van der Waals surface area contributed by atoms with E-state index in [2.05, 4.69) is 35.4 Å². The maximum absolute atomic E-state index is 12.1. The van der Waals surface area contributed by atoms with E-state index < -0.39 is 0 Å².